The lowest BCUT2D eigenvalue weighted by Crippen LogP contribution is -2.36. The van der Waals surface area contributed by atoms with Gasteiger partial charge in [0.1, 0.15) is 5.60 Å². The number of amides is 1. The van der Waals surface area contributed by atoms with E-state index >= 15 is 0 Å². The van der Waals surface area contributed by atoms with E-state index in [2.05, 4.69) is 26.3 Å². The Labute approximate surface area is 155 Å². The van der Waals surface area contributed by atoms with Crippen LogP contribution in [0.2, 0.25) is 5.02 Å². The minimum absolute atomic E-state index is 0.302. The molecule has 1 heterocycles. The first-order valence-electron chi connectivity index (χ1n) is 7.57. The second kappa shape index (κ2) is 7.57. The number of carbonyl (C=O) groups is 1. The van der Waals surface area contributed by atoms with Gasteiger partial charge < -0.3 is 10.1 Å². The van der Waals surface area contributed by atoms with Crippen molar-refractivity contribution in [1.82, 2.24) is 15.1 Å². The maximum atomic E-state index is 12.2. The summed E-state index contributed by atoms with van der Waals surface area (Å²) >= 11 is 9.76. The topological polar surface area (TPSA) is 56.2 Å². The normalized spacial score (nSPS) is 12.8. The van der Waals surface area contributed by atoms with Crippen LogP contribution in [0.1, 0.15) is 38.1 Å². The number of benzene rings is 1. The maximum Gasteiger partial charge on any atom is 0.408 e. The van der Waals surface area contributed by atoms with E-state index in [0.29, 0.717) is 11.4 Å². The van der Waals surface area contributed by atoms with E-state index in [1.165, 1.54) is 0 Å². The molecule has 0 aliphatic carbocycles. The average Bonchev–Trinajstić information content (AvgIpc) is 2.77. The molecule has 5 nitrogen and oxygen atoms in total. The van der Waals surface area contributed by atoms with Crippen molar-refractivity contribution < 1.29 is 9.53 Å². The number of carbonyl (C=O) groups excluding carboxylic acids is 1. The van der Waals surface area contributed by atoms with Crippen molar-refractivity contribution in [3.05, 3.63) is 51.2 Å². The van der Waals surface area contributed by atoms with Gasteiger partial charge in [-0.05, 0) is 32.4 Å². The summed E-state index contributed by atoms with van der Waals surface area (Å²) in [6, 6.07) is 7.44. The Balaban J connectivity index is 2.29. The molecule has 0 fully saturated rings. The second-order valence-electron chi connectivity index (χ2n) is 6.49. The van der Waals surface area contributed by atoms with Crippen LogP contribution < -0.4 is 5.32 Å². The number of rotatable bonds is 4. The van der Waals surface area contributed by atoms with Gasteiger partial charge in [-0.15, -0.1) is 0 Å². The third kappa shape index (κ3) is 4.98. The number of ether oxygens (including phenoxy) is 1. The lowest BCUT2D eigenvalue weighted by atomic mass is 10.0. The van der Waals surface area contributed by atoms with E-state index in [9.17, 15) is 4.79 Å². The Hall–Kier alpha value is -1.53. The van der Waals surface area contributed by atoms with Gasteiger partial charge in [0.2, 0.25) is 0 Å². The van der Waals surface area contributed by atoms with Crippen LogP contribution in [-0.2, 0) is 18.2 Å². The van der Waals surface area contributed by atoms with Gasteiger partial charge in [0.05, 0.1) is 23.0 Å². The third-order valence-electron chi connectivity index (χ3n) is 3.38. The van der Waals surface area contributed by atoms with Crippen molar-refractivity contribution in [2.24, 2.45) is 7.05 Å². The largest absolute Gasteiger partial charge is 0.444 e. The number of aryl methyl sites for hydroxylation is 1. The Kier molecular flexibility index (Phi) is 5.93. The molecule has 24 heavy (non-hydrogen) atoms. The van der Waals surface area contributed by atoms with Crippen molar-refractivity contribution >= 4 is 33.6 Å². The molecule has 1 amide bonds. The minimum atomic E-state index is -0.563. The maximum absolute atomic E-state index is 12.2. The van der Waals surface area contributed by atoms with Gasteiger partial charge in [-0.3, -0.25) is 4.68 Å². The Morgan fingerprint density at radius 2 is 2.08 bits per heavy atom. The van der Waals surface area contributed by atoms with Crippen LogP contribution in [0.15, 0.2) is 34.9 Å². The van der Waals surface area contributed by atoms with Crippen molar-refractivity contribution in [2.45, 2.75) is 38.8 Å². The highest BCUT2D eigenvalue weighted by Crippen LogP contribution is 2.28. The molecule has 130 valence electrons. The number of halogens is 2. The summed E-state index contributed by atoms with van der Waals surface area (Å²) in [5.41, 5.74) is 1.22. The molecule has 2 aromatic rings. The number of aromatic nitrogens is 2. The van der Waals surface area contributed by atoms with E-state index in [0.717, 1.165) is 15.7 Å². The standard InChI is InChI=1S/C17H21BrClN3O2/c1-17(2,3)24-16(23)21-14(11-7-5-6-8-12(11)18)9-15-13(19)10-20-22(15)4/h5-8,10,14H,9H2,1-4H3,(H,21,23). The molecule has 0 aliphatic heterocycles. The first-order valence-corrected chi connectivity index (χ1v) is 8.75. The molecule has 0 radical (unpaired) electrons. The summed E-state index contributed by atoms with van der Waals surface area (Å²) in [5.74, 6) is 0. The van der Waals surface area contributed by atoms with Crippen molar-refractivity contribution in [1.29, 1.82) is 0 Å². The molecule has 7 heteroatoms. The number of nitrogens with zero attached hydrogens (tertiary/aromatic N) is 2. The van der Waals surface area contributed by atoms with E-state index in [1.807, 2.05) is 52.1 Å². The summed E-state index contributed by atoms with van der Waals surface area (Å²) < 4.78 is 8.01. The predicted molar refractivity (Wildman–Crippen MR) is 98.2 cm³/mol. The molecule has 1 unspecified atom stereocenters. The lowest BCUT2D eigenvalue weighted by Gasteiger charge is -2.24. The molecule has 1 aromatic carbocycles. The SMILES string of the molecule is Cn1ncc(Cl)c1CC(NC(=O)OC(C)(C)C)c1ccccc1Br. The molecule has 0 saturated heterocycles. The number of nitrogens with one attached hydrogen (secondary N) is 1. The van der Waals surface area contributed by atoms with Gasteiger partial charge in [0.15, 0.2) is 0 Å². The summed E-state index contributed by atoms with van der Waals surface area (Å²) in [7, 11) is 1.83. The van der Waals surface area contributed by atoms with Crippen molar-refractivity contribution in [3.63, 3.8) is 0 Å². The summed E-state index contributed by atoms with van der Waals surface area (Å²) in [5, 5.41) is 7.66. The molecule has 0 bridgehead atoms. The zero-order valence-corrected chi connectivity index (χ0v) is 16.5. The highest BCUT2D eigenvalue weighted by atomic mass is 79.9. The van der Waals surface area contributed by atoms with Crippen LogP contribution in [0.25, 0.3) is 0 Å². The quantitative estimate of drug-likeness (QED) is 0.792. The Bertz CT molecular complexity index is 705. The van der Waals surface area contributed by atoms with Gasteiger partial charge in [-0.25, -0.2) is 4.79 Å². The first kappa shape index (κ1) is 18.8. The number of alkyl carbamates (subject to hydrolysis) is 1. The number of hydrogen-bond acceptors (Lipinski definition) is 3. The number of hydrogen-bond donors (Lipinski definition) is 1. The Morgan fingerprint density at radius 3 is 2.62 bits per heavy atom. The zero-order chi connectivity index (χ0) is 17.9. The molecular formula is C17H21BrClN3O2. The smallest absolute Gasteiger partial charge is 0.408 e. The van der Waals surface area contributed by atoms with Gasteiger partial charge in [-0.1, -0.05) is 45.7 Å². The Morgan fingerprint density at radius 1 is 1.42 bits per heavy atom. The fourth-order valence-electron chi connectivity index (χ4n) is 2.31. The van der Waals surface area contributed by atoms with Gasteiger partial charge in [0.25, 0.3) is 0 Å². The first-order chi connectivity index (χ1) is 11.2. The third-order valence-corrected chi connectivity index (χ3v) is 4.42. The fraction of sp³-hybridized carbons (Fsp3) is 0.412. The van der Waals surface area contributed by atoms with Gasteiger partial charge in [-0.2, -0.15) is 5.10 Å². The summed E-state index contributed by atoms with van der Waals surface area (Å²) in [6.45, 7) is 5.49. The molecule has 1 aromatic heterocycles. The minimum Gasteiger partial charge on any atom is -0.444 e. The van der Waals surface area contributed by atoms with Crippen LogP contribution in [-0.4, -0.2) is 21.5 Å². The lowest BCUT2D eigenvalue weighted by molar-refractivity contribution is 0.0502. The van der Waals surface area contributed by atoms with E-state index in [4.69, 9.17) is 16.3 Å². The molecule has 0 saturated carbocycles. The fourth-order valence-corrected chi connectivity index (χ4v) is 3.11. The van der Waals surface area contributed by atoms with E-state index in [1.54, 1.807) is 10.9 Å². The van der Waals surface area contributed by atoms with Crippen LogP contribution in [0, 0.1) is 0 Å². The van der Waals surface area contributed by atoms with E-state index in [-0.39, 0.29) is 6.04 Å². The monoisotopic (exact) mass is 413 g/mol. The summed E-state index contributed by atoms with van der Waals surface area (Å²) in [6.07, 6.45) is 1.63. The molecule has 0 spiro atoms. The molecule has 1 atom stereocenters. The van der Waals surface area contributed by atoms with Crippen molar-refractivity contribution in [2.75, 3.05) is 0 Å². The highest BCUT2D eigenvalue weighted by molar-refractivity contribution is 9.10. The van der Waals surface area contributed by atoms with Gasteiger partial charge in [0, 0.05) is 17.9 Å². The van der Waals surface area contributed by atoms with Gasteiger partial charge >= 0.3 is 6.09 Å². The molecule has 2 rings (SSSR count). The molecule has 0 aliphatic rings. The predicted octanol–water partition coefficient (Wildman–Crippen LogP) is 4.64. The average molecular weight is 415 g/mol. The zero-order valence-electron chi connectivity index (χ0n) is 14.1. The van der Waals surface area contributed by atoms with Crippen LogP contribution in [0.4, 0.5) is 4.79 Å². The van der Waals surface area contributed by atoms with Crippen LogP contribution in [0.5, 0.6) is 0 Å². The van der Waals surface area contributed by atoms with Crippen LogP contribution in [0.3, 0.4) is 0 Å². The van der Waals surface area contributed by atoms with E-state index < -0.39 is 11.7 Å². The second-order valence-corrected chi connectivity index (χ2v) is 7.75. The molecule has 1 N–H and O–H groups in total. The molecular weight excluding hydrogens is 394 g/mol. The highest BCUT2D eigenvalue weighted by Gasteiger charge is 2.24. The van der Waals surface area contributed by atoms with Crippen LogP contribution >= 0.6 is 27.5 Å². The summed E-state index contributed by atoms with van der Waals surface area (Å²) in [4.78, 5) is 12.2. The van der Waals surface area contributed by atoms with Crippen molar-refractivity contribution in [3.8, 4) is 0 Å².